The SMILES string of the molecule is Cc1ccc(CN2CC(CCO)CC2=O)cc1. The summed E-state index contributed by atoms with van der Waals surface area (Å²) in [5.41, 5.74) is 2.41. The van der Waals surface area contributed by atoms with Gasteiger partial charge in [0.2, 0.25) is 5.91 Å². The second-order valence-electron chi connectivity index (χ2n) is 4.84. The molecule has 1 amide bonds. The maximum atomic E-state index is 11.8. The Morgan fingerprint density at radius 1 is 1.35 bits per heavy atom. The first kappa shape index (κ1) is 12.1. The zero-order chi connectivity index (χ0) is 12.3. The Kier molecular flexibility index (Phi) is 3.79. The van der Waals surface area contributed by atoms with Gasteiger partial charge in [0, 0.05) is 26.1 Å². The number of aliphatic hydroxyl groups is 1. The number of benzene rings is 1. The number of aryl methyl sites for hydroxylation is 1. The molecule has 2 rings (SSSR count). The van der Waals surface area contributed by atoms with Crippen molar-refractivity contribution in [1.82, 2.24) is 4.90 Å². The number of hydrogen-bond donors (Lipinski definition) is 1. The van der Waals surface area contributed by atoms with Gasteiger partial charge in [-0.1, -0.05) is 29.8 Å². The molecule has 1 aliphatic heterocycles. The van der Waals surface area contributed by atoms with E-state index in [1.807, 2.05) is 4.90 Å². The first-order chi connectivity index (χ1) is 8.19. The van der Waals surface area contributed by atoms with Crippen LogP contribution in [0.1, 0.15) is 24.0 Å². The van der Waals surface area contributed by atoms with E-state index in [0.717, 1.165) is 13.0 Å². The number of amides is 1. The maximum absolute atomic E-state index is 11.8. The molecular formula is C14H19NO2. The Labute approximate surface area is 102 Å². The summed E-state index contributed by atoms with van der Waals surface area (Å²) >= 11 is 0. The van der Waals surface area contributed by atoms with Crippen LogP contribution in [0.15, 0.2) is 24.3 Å². The van der Waals surface area contributed by atoms with E-state index in [-0.39, 0.29) is 12.5 Å². The van der Waals surface area contributed by atoms with Crippen molar-refractivity contribution >= 4 is 5.91 Å². The van der Waals surface area contributed by atoms with E-state index >= 15 is 0 Å². The fourth-order valence-electron chi connectivity index (χ4n) is 2.30. The lowest BCUT2D eigenvalue weighted by atomic mass is 10.1. The van der Waals surface area contributed by atoms with Crippen LogP contribution in [0.25, 0.3) is 0 Å². The number of carbonyl (C=O) groups is 1. The van der Waals surface area contributed by atoms with Gasteiger partial charge in [0.1, 0.15) is 0 Å². The Balaban J connectivity index is 1.95. The third kappa shape index (κ3) is 3.07. The van der Waals surface area contributed by atoms with E-state index < -0.39 is 0 Å². The summed E-state index contributed by atoms with van der Waals surface area (Å²) in [6, 6.07) is 8.28. The van der Waals surface area contributed by atoms with Crippen molar-refractivity contribution in [3.8, 4) is 0 Å². The molecular weight excluding hydrogens is 214 g/mol. The van der Waals surface area contributed by atoms with Crippen LogP contribution in [0.2, 0.25) is 0 Å². The molecule has 1 aromatic rings. The number of aliphatic hydroxyl groups excluding tert-OH is 1. The molecule has 3 nitrogen and oxygen atoms in total. The molecule has 0 bridgehead atoms. The summed E-state index contributed by atoms with van der Waals surface area (Å²) in [6.07, 6.45) is 1.32. The van der Waals surface area contributed by atoms with Gasteiger partial charge in [0.15, 0.2) is 0 Å². The van der Waals surface area contributed by atoms with Gasteiger partial charge in [-0.15, -0.1) is 0 Å². The molecule has 1 unspecified atom stereocenters. The van der Waals surface area contributed by atoms with Gasteiger partial charge >= 0.3 is 0 Å². The van der Waals surface area contributed by atoms with E-state index in [9.17, 15) is 4.79 Å². The fraction of sp³-hybridized carbons (Fsp3) is 0.500. The highest BCUT2D eigenvalue weighted by atomic mass is 16.3. The molecule has 1 aliphatic rings. The van der Waals surface area contributed by atoms with Crippen LogP contribution >= 0.6 is 0 Å². The second-order valence-corrected chi connectivity index (χ2v) is 4.84. The van der Waals surface area contributed by atoms with Crippen LogP contribution < -0.4 is 0 Å². The summed E-state index contributed by atoms with van der Waals surface area (Å²) in [5, 5.41) is 8.89. The van der Waals surface area contributed by atoms with Gasteiger partial charge in [0.05, 0.1) is 0 Å². The normalized spacial score (nSPS) is 20.0. The average molecular weight is 233 g/mol. The molecule has 0 saturated carbocycles. The van der Waals surface area contributed by atoms with Crippen molar-refractivity contribution in [1.29, 1.82) is 0 Å². The van der Waals surface area contributed by atoms with Crippen LogP contribution in [0.3, 0.4) is 0 Å². The third-order valence-corrected chi connectivity index (χ3v) is 3.33. The second kappa shape index (κ2) is 5.32. The lowest BCUT2D eigenvalue weighted by Crippen LogP contribution is -2.24. The minimum absolute atomic E-state index is 0.177. The Morgan fingerprint density at radius 3 is 2.71 bits per heavy atom. The molecule has 3 heteroatoms. The van der Waals surface area contributed by atoms with Crippen molar-refractivity contribution in [2.75, 3.05) is 13.2 Å². The quantitative estimate of drug-likeness (QED) is 0.860. The van der Waals surface area contributed by atoms with Crippen molar-refractivity contribution in [2.24, 2.45) is 5.92 Å². The lowest BCUT2D eigenvalue weighted by molar-refractivity contribution is -0.128. The highest BCUT2D eigenvalue weighted by Crippen LogP contribution is 2.22. The summed E-state index contributed by atoms with van der Waals surface area (Å²) in [7, 11) is 0. The van der Waals surface area contributed by atoms with Gasteiger partial charge in [-0.3, -0.25) is 4.79 Å². The van der Waals surface area contributed by atoms with E-state index in [4.69, 9.17) is 5.11 Å². The topological polar surface area (TPSA) is 40.5 Å². The molecule has 1 aromatic carbocycles. The van der Waals surface area contributed by atoms with E-state index in [1.54, 1.807) is 0 Å². The van der Waals surface area contributed by atoms with Crippen LogP contribution in [0.5, 0.6) is 0 Å². The van der Waals surface area contributed by atoms with Gasteiger partial charge in [0.25, 0.3) is 0 Å². The smallest absolute Gasteiger partial charge is 0.223 e. The molecule has 1 fully saturated rings. The highest BCUT2D eigenvalue weighted by molar-refractivity contribution is 5.78. The van der Waals surface area contributed by atoms with Crippen LogP contribution in [-0.2, 0) is 11.3 Å². The molecule has 0 spiro atoms. The first-order valence-corrected chi connectivity index (χ1v) is 6.13. The molecule has 1 heterocycles. The van der Waals surface area contributed by atoms with Crippen molar-refractivity contribution in [2.45, 2.75) is 26.3 Å². The molecule has 17 heavy (non-hydrogen) atoms. The average Bonchev–Trinajstić information content (AvgIpc) is 2.63. The van der Waals surface area contributed by atoms with Gasteiger partial charge in [-0.2, -0.15) is 0 Å². The van der Waals surface area contributed by atoms with Gasteiger partial charge < -0.3 is 10.0 Å². The van der Waals surface area contributed by atoms with Crippen molar-refractivity contribution in [3.05, 3.63) is 35.4 Å². The monoisotopic (exact) mass is 233 g/mol. The van der Waals surface area contributed by atoms with Gasteiger partial charge in [-0.05, 0) is 24.8 Å². The van der Waals surface area contributed by atoms with E-state index in [2.05, 4.69) is 31.2 Å². The lowest BCUT2D eigenvalue weighted by Gasteiger charge is -2.16. The summed E-state index contributed by atoms with van der Waals surface area (Å²) < 4.78 is 0. The molecule has 0 aliphatic carbocycles. The molecule has 92 valence electrons. The zero-order valence-corrected chi connectivity index (χ0v) is 10.2. The summed E-state index contributed by atoms with van der Waals surface area (Å²) in [4.78, 5) is 13.7. The molecule has 1 N–H and O–H groups in total. The van der Waals surface area contributed by atoms with E-state index in [1.165, 1.54) is 11.1 Å². The summed E-state index contributed by atoms with van der Waals surface area (Å²) in [5.74, 6) is 0.543. The van der Waals surface area contributed by atoms with Gasteiger partial charge in [-0.25, -0.2) is 0 Å². The van der Waals surface area contributed by atoms with Crippen LogP contribution in [-0.4, -0.2) is 29.1 Å². The Morgan fingerprint density at radius 2 is 2.06 bits per heavy atom. The number of rotatable bonds is 4. The minimum atomic E-state index is 0.177. The standard InChI is InChI=1S/C14H19NO2/c1-11-2-4-12(5-3-11)9-15-10-13(6-7-16)8-14(15)17/h2-5,13,16H,6-10H2,1H3. The number of likely N-dealkylation sites (tertiary alicyclic amines) is 1. The van der Waals surface area contributed by atoms with Crippen LogP contribution in [0, 0.1) is 12.8 Å². The first-order valence-electron chi connectivity index (χ1n) is 6.13. The molecule has 1 saturated heterocycles. The largest absolute Gasteiger partial charge is 0.396 e. The Bertz CT molecular complexity index is 386. The molecule has 1 atom stereocenters. The summed E-state index contributed by atoms with van der Waals surface area (Å²) in [6.45, 7) is 3.71. The maximum Gasteiger partial charge on any atom is 0.223 e. The number of nitrogens with zero attached hydrogens (tertiary/aromatic N) is 1. The van der Waals surface area contributed by atoms with E-state index in [0.29, 0.717) is 18.9 Å². The predicted octanol–water partition coefficient (Wildman–Crippen LogP) is 1.73. The zero-order valence-electron chi connectivity index (χ0n) is 10.2. The molecule has 0 radical (unpaired) electrons. The Hall–Kier alpha value is -1.35. The number of hydrogen-bond acceptors (Lipinski definition) is 2. The van der Waals surface area contributed by atoms with Crippen molar-refractivity contribution in [3.63, 3.8) is 0 Å². The number of carbonyl (C=O) groups excluding carboxylic acids is 1. The van der Waals surface area contributed by atoms with Crippen molar-refractivity contribution < 1.29 is 9.90 Å². The van der Waals surface area contributed by atoms with Crippen LogP contribution in [0.4, 0.5) is 0 Å². The predicted molar refractivity (Wildman–Crippen MR) is 66.4 cm³/mol. The third-order valence-electron chi connectivity index (χ3n) is 3.33. The highest BCUT2D eigenvalue weighted by Gasteiger charge is 2.28. The molecule has 0 aromatic heterocycles. The fourth-order valence-corrected chi connectivity index (χ4v) is 2.30. The minimum Gasteiger partial charge on any atom is -0.396 e.